The highest BCUT2D eigenvalue weighted by atomic mass is 16.5. The minimum absolute atomic E-state index is 0.0490. The van der Waals surface area contributed by atoms with Crippen LogP contribution in [0.1, 0.15) is 16.7 Å². The normalized spacial score (nSPS) is 10.6. The van der Waals surface area contributed by atoms with Crippen LogP contribution >= 0.6 is 0 Å². The number of aryl methyl sites for hydroxylation is 2. The molecule has 0 radical (unpaired) electrons. The summed E-state index contributed by atoms with van der Waals surface area (Å²) in [4.78, 5) is 11.7. The minimum Gasteiger partial charge on any atom is -0.483 e. The molecular weight excluding hydrogens is 276 g/mol. The summed E-state index contributed by atoms with van der Waals surface area (Å²) < 4.78 is 5.48. The zero-order valence-corrected chi connectivity index (χ0v) is 12.9. The van der Waals surface area contributed by atoms with E-state index in [9.17, 15) is 4.79 Å². The SMILES string of the molecule is Cc1ccc(OCC(=O)NN=CCc2ccccc2)c(C)c1. The van der Waals surface area contributed by atoms with Crippen molar-refractivity contribution in [1.82, 2.24) is 5.43 Å². The van der Waals surface area contributed by atoms with E-state index in [4.69, 9.17) is 4.74 Å². The molecule has 0 saturated carbocycles. The molecular formula is C18H20N2O2. The number of hydrogen-bond donors (Lipinski definition) is 1. The lowest BCUT2D eigenvalue weighted by Gasteiger charge is -2.08. The molecule has 114 valence electrons. The third-order valence-corrected chi connectivity index (χ3v) is 3.14. The molecule has 0 saturated heterocycles. The van der Waals surface area contributed by atoms with E-state index < -0.39 is 0 Å². The second-order valence-corrected chi connectivity index (χ2v) is 5.09. The van der Waals surface area contributed by atoms with Gasteiger partial charge in [-0.3, -0.25) is 4.79 Å². The molecule has 0 spiro atoms. The highest BCUT2D eigenvalue weighted by Gasteiger charge is 2.03. The van der Waals surface area contributed by atoms with Gasteiger partial charge in [0.05, 0.1) is 0 Å². The Morgan fingerprint density at radius 2 is 1.95 bits per heavy atom. The molecule has 22 heavy (non-hydrogen) atoms. The summed E-state index contributed by atoms with van der Waals surface area (Å²) in [5.74, 6) is 0.443. The Labute approximate surface area is 130 Å². The molecule has 0 aliphatic heterocycles. The molecule has 2 rings (SSSR count). The summed E-state index contributed by atoms with van der Waals surface area (Å²) in [5.41, 5.74) is 5.79. The fourth-order valence-corrected chi connectivity index (χ4v) is 2.02. The van der Waals surface area contributed by atoms with Gasteiger partial charge in [-0.25, -0.2) is 5.43 Å². The highest BCUT2D eigenvalue weighted by Crippen LogP contribution is 2.18. The van der Waals surface area contributed by atoms with Gasteiger partial charge in [0.1, 0.15) is 5.75 Å². The first-order valence-electron chi connectivity index (χ1n) is 7.19. The summed E-state index contributed by atoms with van der Waals surface area (Å²) in [6, 6.07) is 15.8. The lowest BCUT2D eigenvalue weighted by atomic mass is 10.1. The molecule has 0 aliphatic rings. The van der Waals surface area contributed by atoms with E-state index in [0.717, 1.165) is 11.1 Å². The van der Waals surface area contributed by atoms with Gasteiger partial charge < -0.3 is 4.74 Å². The van der Waals surface area contributed by atoms with Crippen LogP contribution in [0.3, 0.4) is 0 Å². The number of hydrazone groups is 1. The molecule has 4 heteroatoms. The summed E-state index contributed by atoms with van der Waals surface area (Å²) >= 11 is 0. The second kappa shape index (κ2) is 7.98. The molecule has 0 aliphatic carbocycles. The number of rotatable bonds is 6. The Morgan fingerprint density at radius 3 is 2.68 bits per heavy atom. The van der Waals surface area contributed by atoms with Crippen LogP contribution in [0.4, 0.5) is 0 Å². The van der Waals surface area contributed by atoms with E-state index in [2.05, 4.69) is 10.5 Å². The average molecular weight is 296 g/mol. The third-order valence-electron chi connectivity index (χ3n) is 3.14. The van der Waals surface area contributed by atoms with Crippen LogP contribution in [0.5, 0.6) is 5.75 Å². The number of benzene rings is 2. The Bertz CT molecular complexity index is 651. The maximum Gasteiger partial charge on any atom is 0.277 e. The fraction of sp³-hybridized carbons (Fsp3) is 0.222. The van der Waals surface area contributed by atoms with Gasteiger partial charge in [-0.1, -0.05) is 48.0 Å². The molecule has 0 aromatic heterocycles. The van der Waals surface area contributed by atoms with Crippen LogP contribution in [0.2, 0.25) is 0 Å². The van der Waals surface area contributed by atoms with E-state index in [1.807, 2.05) is 62.4 Å². The Kier molecular flexibility index (Phi) is 5.72. The smallest absolute Gasteiger partial charge is 0.277 e. The summed E-state index contributed by atoms with van der Waals surface area (Å²) in [6.45, 7) is 3.93. The average Bonchev–Trinajstić information content (AvgIpc) is 2.52. The summed E-state index contributed by atoms with van der Waals surface area (Å²) in [7, 11) is 0. The number of nitrogens with zero attached hydrogens (tertiary/aromatic N) is 1. The van der Waals surface area contributed by atoms with Crippen molar-refractivity contribution in [3.8, 4) is 5.75 Å². The van der Waals surface area contributed by atoms with Gasteiger partial charge in [-0.15, -0.1) is 0 Å². The van der Waals surface area contributed by atoms with Crippen LogP contribution in [-0.4, -0.2) is 18.7 Å². The molecule has 1 N–H and O–H groups in total. The van der Waals surface area contributed by atoms with Crippen molar-refractivity contribution < 1.29 is 9.53 Å². The van der Waals surface area contributed by atoms with Gasteiger partial charge in [0, 0.05) is 12.6 Å². The largest absolute Gasteiger partial charge is 0.483 e. The van der Waals surface area contributed by atoms with Crippen molar-refractivity contribution in [3.63, 3.8) is 0 Å². The van der Waals surface area contributed by atoms with Gasteiger partial charge in [-0.05, 0) is 31.0 Å². The molecule has 1 amide bonds. The number of hydrogen-bond acceptors (Lipinski definition) is 3. The van der Waals surface area contributed by atoms with Gasteiger partial charge in [0.25, 0.3) is 5.91 Å². The molecule has 0 unspecified atom stereocenters. The molecule has 4 nitrogen and oxygen atoms in total. The predicted octanol–water partition coefficient (Wildman–Crippen LogP) is 3.03. The minimum atomic E-state index is -0.274. The maximum absolute atomic E-state index is 11.7. The van der Waals surface area contributed by atoms with Crippen LogP contribution in [0.25, 0.3) is 0 Å². The van der Waals surface area contributed by atoms with E-state index in [0.29, 0.717) is 12.2 Å². The number of nitrogens with one attached hydrogen (secondary N) is 1. The monoisotopic (exact) mass is 296 g/mol. The molecule has 0 atom stereocenters. The van der Waals surface area contributed by atoms with E-state index in [1.165, 1.54) is 5.56 Å². The molecule has 2 aromatic carbocycles. The van der Waals surface area contributed by atoms with Crippen molar-refractivity contribution in [2.24, 2.45) is 5.10 Å². The standard InChI is InChI=1S/C18H20N2O2/c1-14-8-9-17(15(2)12-14)22-13-18(21)20-19-11-10-16-6-4-3-5-7-16/h3-9,11-12H,10,13H2,1-2H3,(H,20,21). The number of carbonyl (C=O) groups excluding carboxylic acids is 1. The second-order valence-electron chi connectivity index (χ2n) is 5.09. The highest BCUT2D eigenvalue weighted by molar-refractivity contribution is 5.78. The first-order chi connectivity index (χ1) is 10.6. The Morgan fingerprint density at radius 1 is 1.18 bits per heavy atom. The summed E-state index contributed by atoms with van der Waals surface area (Å²) in [6.07, 6.45) is 2.35. The molecule has 0 bridgehead atoms. The number of ether oxygens (including phenoxy) is 1. The van der Waals surface area contributed by atoms with Crippen LogP contribution in [0, 0.1) is 13.8 Å². The van der Waals surface area contributed by atoms with Gasteiger partial charge in [-0.2, -0.15) is 5.10 Å². The Balaban J connectivity index is 1.74. The van der Waals surface area contributed by atoms with Crippen molar-refractivity contribution in [1.29, 1.82) is 0 Å². The van der Waals surface area contributed by atoms with Gasteiger partial charge in [0.15, 0.2) is 6.61 Å². The first-order valence-corrected chi connectivity index (χ1v) is 7.19. The van der Waals surface area contributed by atoms with Crippen LogP contribution < -0.4 is 10.2 Å². The zero-order chi connectivity index (χ0) is 15.8. The third kappa shape index (κ3) is 5.05. The maximum atomic E-state index is 11.7. The van der Waals surface area contributed by atoms with E-state index >= 15 is 0 Å². The first kappa shape index (κ1) is 15.8. The van der Waals surface area contributed by atoms with Gasteiger partial charge >= 0.3 is 0 Å². The van der Waals surface area contributed by atoms with E-state index in [-0.39, 0.29) is 12.5 Å². The van der Waals surface area contributed by atoms with Crippen molar-refractivity contribution >= 4 is 12.1 Å². The quantitative estimate of drug-likeness (QED) is 0.658. The van der Waals surface area contributed by atoms with E-state index in [1.54, 1.807) is 6.21 Å². The molecule has 0 fully saturated rings. The lowest BCUT2D eigenvalue weighted by Crippen LogP contribution is -2.24. The lowest BCUT2D eigenvalue weighted by molar-refractivity contribution is -0.123. The fourth-order valence-electron chi connectivity index (χ4n) is 2.02. The zero-order valence-electron chi connectivity index (χ0n) is 12.9. The molecule has 0 heterocycles. The van der Waals surface area contributed by atoms with Gasteiger partial charge in [0.2, 0.25) is 0 Å². The number of carbonyl (C=O) groups is 1. The Hall–Kier alpha value is -2.62. The molecule has 2 aromatic rings. The van der Waals surface area contributed by atoms with Crippen molar-refractivity contribution in [2.45, 2.75) is 20.3 Å². The van der Waals surface area contributed by atoms with Crippen LogP contribution in [-0.2, 0) is 11.2 Å². The topological polar surface area (TPSA) is 50.7 Å². The summed E-state index contributed by atoms with van der Waals surface area (Å²) in [5, 5.41) is 3.91. The number of amides is 1. The van der Waals surface area contributed by atoms with Crippen molar-refractivity contribution in [3.05, 3.63) is 65.2 Å². The predicted molar refractivity (Wildman–Crippen MR) is 88.2 cm³/mol. The van der Waals surface area contributed by atoms with Crippen molar-refractivity contribution in [2.75, 3.05) is 6.61 Å². The van der Waals surface area contributed by atoms with Crippen LogP contribution in [0.15, 0.2) is 53.6 Å².